The number of carboxylic acid groups (broad SMARTS) is 1. The van der Waals surface area contributed by atoms with Crippen LogP contribution >= 0.6 is 0 Å². The summed E-state index contributed by atoms with van der Waals surface area (Å²) in [6.07, 6.45) is -0.136. The number of hydrogen-bond acceptors (Lipinski definition) is 4. The Kier molecular flexibility index (Phi) is 3.32. The third-order valence-electron chi connectivity index (χ3n) is 2.69. The number of nitrogens with zero attached hydrogens (tertiary/aromatic N) is 1. The predicted octanol–water partition coefficient (Wildman–Crippen LogP) is 1.11. The number of aliphatic imine (C=N–C) groups is 1. The average molecular weight is 245 g/mol. The van der Waals surface area contributed by atoms with Crippen molar-refractivity contribution in [2.24, 2.45) is 4.99 Å². The van der Waals surface area contributed by atoms with E-state index in [1.807, 2.05) is 0 Å². The van der Waals surface area contributed by atoms with Gasteiger partial charge in [0.15, 0.2) is 0 Å². The Morgan fingerprint density at radius 3 is 2.56 bits per heavy atom. The number of carbonyl (C=O) groups is 3. The largest absolute Gasteiger partial charge is 0.481 e. The molecule has 0 saturated carbocycles. The molecule has 5 heteroatoms. The van der Waals surface area contributed by atoms with Crippen molar-refractivity contribution in [1.82, 2.24) is 0 Å². The first-order chi connectivity index (χ1) is 8.59. The van der Waals surface area contributed by atoms with Crippen LogP contribution in [0, 0.1) is 0 Å². The Hall–Kier alpha value is -2.30. The van der Waals surface area contributed by atoms with Crippen molar-refractivity contribution in [3.8, 4) is 0 Å². The molecule has 0 fully saturated rings. The van der Waals surface area contributed by atoms with Gasteiger partial charge >= 0.3 is 5.97 Å². The second-order valence-electron chi connectivity index (χ2n) is 3.95. The van der Waals surface area contributed by atoms with Gasteiger partial charge in [0.25, 0.3) is 0 Å². The van der Waals surface area contributed by atoms with Crippen molar-refractivity contribution in [1.29, 1.82) is 0 Å². The zero-order chi connectivity index (χ0) is 13.1. The molecule has 0 atom stereocenters. The minimum Gasteiger partial charge on any atom is -0.481 e. The summed E-state index contributed by atoms with van der Waals surface area (Å²) in [4.78, 5) is 37.7. The molecule has 0 heterocycles. The molecule has 5 nitrogen and oxygen atoms in total. The summed E-state index contributed by atoms with van der Waals surface area (Å²) < 4.78 is 0. The number of aliphatic carboxylic acids is 1. The molecule has 0 saturated heterocycles. The normalized spacial score (nSPS) is 16.8. The highest BCUT2D eigenvalue weighted by atomic mass is 16.4. The van der Waals surface area contributed by atoms with Gasteiger partial charge in [-0.2, -0.15) is 0 Å². The van der Waals surface area contributed by atoms with Gasteiger partial charge in [0.1, 0.15) is 0 Å². The minimum atomic E-state index is -0.939. The summed E-state index contributed by atoms with van der Waals surface area (Å²) in [7, 11) is 0. The van der Waals surface area contributed by atoms with Gasteiger partial charge in [-0.1, -0.05) is 24.3 Å². The van der Waals surface area contributed by atoms with Crippen molar-refractivity contribution >= 4 is 23.2 Å². The predicted molar refractivity (Wildman–Crippen MR) is 64.1 cm³/mol. The second kappa shape index (κ2) is 4.91. The Morgan fingerprint density at radius 1 is 1.22 bits per heavy atom. The van der Waals surface area contributed by atoms with Crippen LogP contribution in [0.15, 0.2) is 29.3 Å². The van der Waals surface area contributed by atoms with E-state index in [9.17, 15) is 14.4 Å². The number of Topliss-reactive ketones (excluding diaryl/α,β-unsaturated/α-hetero) is 2. The number of fused-ring (bicyclic) bond motifs is 1. The number of carboxylic acids is 1. The molecule has 1 aliphatic carbocycles. The van der Waals surface area contributed by atoms with Crippen molar-refractivity contribution in [2.75, 3.05) is 6.54 Å². The van der Waals surface area contributed by atoms with Crippen LogP contribution < -0.4 is 0 Å². The summed E-state index contributed by atoms with van der Waals surface area (Å²) in [5.74, 6) is -1.93. The summed E-state index contributed by atoms with van der Waals surface area (Å²) in [6.45, 7) is 0.112. The highest BCUT2D eigenvalue weighted by Crippen LogP contribution is 2.19. The first-order valence-corrected chi connectivity index (χ1v) is 5.51. The first-order valence-electron chi connectivity index (χ1n) is 5.51. The topological polar surface area (TPSA) is 83.8 Å². The lowest BCUT2D eigenvalue weighted by Crippen LogP contribution is -2.27. The summed E-state index contributed by atoms with van der Waals surface area (Å²) in [5, 5.41) is 8.54. The summed E-state index contributed by atoms with van der Waals surface area (Å²) in [6, 6.07) is 6.75. The number of ketones is 2. The highest BCUT2D eigenvalue weighted by molar-refractivity contribution is 6.51. The lowest BCUT2D eigenvalue weighted by molar-refractivity contribution is -0.136. The fourth-order valence-corrected chi connectivity index (χ4v) is 1.84. The number of carbonyl (C=O) groups excluding carboxylic acids is 2. The third-order valence-corrected chi connectivity index (χ3v) is 2.69. The zero-order valence-electron chi connectivity index (χ0n) is 9.55. The van der Waals surface area contributed by atoms with Crippen LogP contribution in [-0.4, -0.2) is 34.9 Å². The van der Waals surface area contributed by atoms with Gasteiger partial charge < -0.3 is 5.11 Å². The standard InChI is InChI=1S/C13H11NO4/c15-11-7-10(14-6-5-12(16)17)8-3-1-2-4-9(8)13(11)18/h1-4H,5-7H2,(H,16,17). The Balaban J connectivity index is 2.33. The molecule has 1 aromatic carbocycles. The van der Waals surface area contributed by atoms with E-state index in [-0.39, 0.29) is 19.4 Å². The fraction of sp³-hybridized carbons (Fsp3) is 0.231. The maximum Gasteiger partial charge on any atom is 0.305 e. The van der Waals surface area contributed by atoms with Gasteiger partial charge in [-0.25, -0.2) is 0 Å². The van der Waals surface area contributed by atoms with Crippen LogP contribution in [0.4, 0.5) is 0 Å². The monoisotopic (exact) mass is 245 g/mol. The van der Waals surface area contributed by atoms with Crippen LogP contribution in [0.25, 0.3) is 0 Å². The molecular weight excluding hydrogens is 234 g/mol. The van der Waals surface area contributed by atoms with E-state index in [1.54, 1.807) is 24.3 Å². The molecule has 1 N–H and O–H groups in total. The lowest BCUT2D eigenvalue weighted by Gasteiger charge is -2.15. The maximum atomic E-state index is 11.6. The third kappa shape index (κ3) is 2.34. The zero-order valence-corrected chi connectivity index (χ0v) is 9.55. The van der Waals surface area contributed by atoms with Crippen LogP contribution in [-0.2, 0) is 9.59 Å². The van der Waals surface area contributed by atoms with E-state index < -0.39 is 17.5 Å². The molecule has 18 heavy (non-hydrogen) atoms. The minimum absolute atomic E-state index is 0.0462. The van der Waals surface area contributed by atoms with E-state index in [1.165, 1.54) is 0 Å². The van der Waals surface area contributed by atoms with Crippen molar-refractivity contribution < 1.29 is 19.5 Å². The summed E-state index contributed by atoms with van der Waals surface area (Å²) >= 11 is 0. The SMILES string of the molecule is O=C(O)CCN=C1CC(=O)C(=O)c2ccccc21. The van der Waals surface area contributed by atoms with Crippen LogP contribution in [0.2, 0.25) is 0 Å². The van der Waals surface area contributed by atoms with Gasteiger partial charge in [0, 0.05) is 17.7 Å². The molecule has 0 radical (unpaired) electrons. The van der Waals surface area contributed by atoms with Gasteiger partial charge in [-0.3, -0.25) is 19.4 Å². The van der Waals surface area contributed by atoms with E-state index in [0.29, 0.717) is 16.8 Å². The molecule has 92 valence electrons. The Morgan fingerprint density at radius 2 is 1.89 bits per heavy atom. The first kappa shape index (κ1) is 12.2. The average Bonchev–Trinajstić information content (AvgIpc) is 2.35. The quantitative estimate of drug-likeness (QED) is 0.808. The van der Waals surface area contributed by atoms with Crippen molar-refractivity contribution in [2.45, 2.75) is 12.8 Å². The molecule has 0 aliphatic heterocycles. The Labute approximate surface area is 103 Å². The van der Waals surface area contributed by atoms with Crippen LogP contribution in [0.5, 0.6) is 0 Å². The number of benzene rings is 1. The number of hydrogen-bond donors (Lipinski definition) is 1. The number of rotatable bonds is 3. The van der Waals surface area contributed by atoms with Gasteiger partial charge in [-0.05, 0) is 0 Å². The van der Waals surface area contributed by atoms with E-state index in [2.05, 4.69) is 4.99 Å². The van der Waals surface area contributed by atoms with Gasteiger partial charge in [0.2, 0.25) is 11.6 Å². The molecule has 1 aromatic rings. The molecule has 0 spiro atoms. The molecule has 0 bridgehead atoms. The molecule has 0 amide bonds. The maximum absolute atomic E-state index is 11.6. The highest BCUT2D eigenvalue weighted by Gasteiger charge is 2.28. The lowest BCUT2D eigenvalue weighted by atomic mass is 9.88. The molecule has 0 aromatic heterocycles. The van der Waals surface area contributed by atoms with E-state index in [0.717, 1.165) is 0 Å². The smallest absolute Gasteiger partial charge is 0.305 e. The molecular formula is C13H11NO4. The molecule has 0 unspecified atom stereocenters. The van der Waals surface area contributed by atoms with Crippen LogP contribution in [0.1, 0.15) is 28.8 Å². The Bertz CT molecular complexity index is 560. The van der Waals surface area contributed by atoms with Gasteiger partial charge in [0.05, 0.1) is 18.6 Å². The fourth-order valence-electron chi connectivity index (χ4n) is 1.84. The van der Waals surface area contributed by atoms with E-state index >= 15 is 0 Å². The molecule has 1 aliphatic rings. The van der Waals surface area contributed by atoms with E-state index in [4.69, 9.17) is 5.11 Å². The van der Waals surface area contributed by atoms with Crippen molar-refractivity contribution in [3.05, 3.63) is 35.4 Å². The van der Waals surface area contributed by atoms with Gasteiger partial charge in [-0.15, -0.1) is 0 Å². The van der Waals surface area contributed by atoms with Crippen molar-refractivity contribution in [3.63, 3.8) is 0 Å². The summed E-state index contributed by atoms with van der Waals surface area (Å²) in [5.41, 5.74) is 1.48. The molecule has 2 rings (SSSR count). The van der Waals surface area contributed by atoms with Crippen LogP contribution in [0.3, 0.4) is 0 Å². The second-order valence-corrected chi connectivity index (χ2v) is 3.95.